The normalized spacial score (nSPS) is 17.8. The third kappa shape index (κ3) is 3.52. The van der Waals surface area contributed by atoms with Crippen LogP contribution in [0, 0.1) is 6.92 Å². The number of urea groups is 1. The Bertz CT molecular complexity index is 614. The van der Waals surface area contributed by atoms with Gasteiger partial charge in [-0.2, -0.15) is 0 Å². The molecule has 0 bridgehead atoms. The number of amides is 2. The van der Waals surface area contributed by atoms with Crippen molar-refractivity contribution < 1.29 is 4.79 Å². The lowest BCUT2D eigenvalue weighted by Crippen LogP contribution is -2.39. The van der Waals surface area contributed by atoms with Gasteiger partial charge in [0.15, 0.2) is 5.13 Å². The highest BCUT2D eigenvalue weighted by Crippen LogP contribution is 2.22. The second-order valence-electron chi connectivity index (χ2n) is 5.21. The fraction of sp³-hybridized carbons (Fsp3) is 0.333. The Morgan fingerprint density at radius 3 is 3.14 bits per heavy atom. The molecule has 1 saturated heterocycles. The monoisotopic (exact) mass is 302 g/mol. The Morgan fingerprint density at radius 2 is 2.38 bits per heavy atom. The summed E-state index contributed by atoms with van der Waals surface area (Å²) in [6, 6.07) is 7.81. The molecule has 6 heteroatoms. The molecule has 1 unspecified atom stereocenters. The number of hydrogen-bond acceptors (Lipinski definition) is 4. The highest BCUT2D eigenvalue weighted by molar-refractivity contribution is 7.13. The fourth-order valence-corrected chi connectivity index (χ4v) is 3.18. The number of hydrogen-bond donors (Lipinski definition) is 2. The summed E-state index contributed by atoms with van der Waals surface area (Å²) in [6.07, 6.45) is 2.76. The van der Waals surface area contributed by atoms with Crippen LogP contribution < -0.4 is 15.5 Å². The molecule has 1 aromatic heterocycles. The Balaban J connectivity index is 1.52. The van der Waals surface area contributed by atoms with Crippen molar-refractivity contribution in [2.75, 3.05) is 23.3 Å². The summed E-state index contributed by atoms with van der Waals surface area (Å²) in [4.78, 5) is 18.5. The van der Waals surface area contributed by atoms with E-state index < -0.39 is 0 Å². The molecule has 2 aromatic rings. The van der Waals surface area contributed by atoms with Gasteiger partial charge in [0.1, 0.15) is 0 Å². The number of aryl methyl sites for hydroxylation is 1. The van der Waals surface area contributed by atoms with Crippen LogP contribution in [0.5, 0.6) is 0 Å². The summed E-state index contributed by atoms with van der Waals surface area (Å²) >= 11 is 1.63. The molecule has 1 aliphatic rings. The summed E-state index contributed by atoms with van der Waals surface area (Å²) < 4.78 is 0. The maximum atomic E-state index is 12.0. The van der Waals surface area contributed by atoms with E-state index in [1.807, 2.05) is 42.8 Å². The molecule has 2 N–H and O–H groups in total. The first kappa shape index (κ1) is 13.9. The van der Waals surface area contributed by atoms with Gasteiger partial charge in [0.05, 0.1) is 0 Å². The fourth-order valence-electron chi connectivity index (χ4n) is 2.50. The van der Waals surface area contributed by atoms with Gasteiger partial charge in [0.2, 0.25) is 0 Å². The molecule has 0 radical (unpaired) electrons. The van der Waals surface area contributed by atoms with Crippen molar-refractivity contribution in [2.45, 2.75) is 19.4 Å². The summed E-state index contributed by atoms with van der Waals surface area (Å²) in [5.41, 5.74) is 1.95. The average Bonchev–Trinajstić information content (AvgIpc) is 3.08. The van der Waals surface area contributed by atoms with Gasteiger partial charge < -0.3 is 15.5 Å². The van der Waals surface area contributed by atoms with Crippen LogP contribution in [0.25, 0.3) is 0 Å². The highest BCUT2D eigenvalue weighted by atomic mass is 32.1. The summed E-state index contributed by atoms with van der Waals surface area (Å²) in [5, 5.41) is 8.90. The van der Waals surface area contributed by atoms with Gasteiger partial charge >= 0.3 is 6.03 Å². The van der Waals surface area contributed by atoms with Gasteiger partial charge in [-0.3, -0.25) is 0 Å². The second-order valence-corrected chi connectivity index (χ2v) is 6.09. The molecular weight excluding hydrogens is 284 g/mol. The molecule has 1 aliphatic heterocycles. The van der Waals surface area contributed by atoms with Crippen LogP contribution in [0.2, 0.25) is 0 Å². The van der Waals surface area contributed by atoms with Crippen LogP contribution in [0.15, 0.2) is 35.8 Å². The number of carbonyl (C=O) groups is 1. The van der Waals surface area contributed by atoms with Crippen molar-refractivity contribution in [1.82, 2.24) is 10.3 Å². The van der Waals surface area contributed by atoms with Crippen molar-refractivity contribution in [2.24, 2.45) is 0 Å². The molecular formula is C15H18N4OS. The predicted molar refractivity (Wildman–Crippen MR) is 86.1 cm³/mol. The van der Waals surface area contributed by atoms with E-state index in [0.717, 1.165) is 35.9 Å². The number of nitrogens with one attached hydrogen (secondary N) is 2. The number of benzene rings is 1. The number of rotatable bonds is 3. The Hall–Kier alpha value is -2.08. The van der Waals surface area contributed by atoms with Crippen LogP contribution in [0.3, 0.4) is 0 Å². The van der Waals surface area contributed by atoms with Gasteiger partial charge in [0.25, 0.3) is 0 Å². The van der Waals surface area contributed by atoms with Gasteiger partial charge in [-0.05, 0) is 31.0 Å². The lowest BCUT2D eigenvalue weighted by molar-refractivity contribution is 0.249. The molecule has 0 saturated carbocycles. The minimum atomic E-state index is -0.147. The predicted octanol–water partition coefficient (Wildman–Crippen LogP) is 2.85. The maximum absolute atomic E-state index is 12.0. The van der Waals surface area contributed by atoms with Crippen LogP contribution in [-0.4, -0.2) is 30.1 Å². The molecule has 110 valence electrons. The molecule has 0 aliphatic carbocycles. The first-order valence-corrected chi connectivity index (χ1v) is 7.87. The molecule has 21 heavy (non-hydrogen) atoms. The van der Waals surface area contributed by atoms with Crippen LogP contribution >= 0.6 is 11.3 Å². The van der Waals surface area contributed by atoms with Crippen molar-refractivity contribution in [3.05, 3.63) is 41.4 Å². The third-order valence-corrected chi connectivity index (χ3v) is 4.32. The zero-order valence-corrected chi connectivity index (χ0v) is 12.7. The average molecular weight is 302 g/mol. The minimum Gasteiger partial charge on any atom is -0.346 e. The zero-order valence-electron chi connectivity index (χ0n) is 11.9. The van der Waals surface area contributed by atoms with Crippen LogP contribution in [0.1, 0.15) is 12.0 Å². The Kier molecular flexibility index (Phi) is 4.06. The van der Waals surface area contributed by atoms with Gasteiger partial charge in [0, 0.05) is 36.4 Å². The SMILES string of the molecule is Cc1cccc(NC(=O)NC2CCN(c3nccs3)C2)c1. The first-order valence-electron chi connectivity index (χ1n) is 6.99. The second kappa shape index (κ2) is 6.13. The zero-order chi connectivity index (χ0) is 14.7. The summed E-state index contributed by atoms with van der Waals surface area (Å²) in [6.45, 7) is 3.75. The third-order valence-electron chi connectivity index (χ3n) is 3.49. The van der Waals surface area contributed by atoms with E-state index in [1.54, 1.807) is 11.3 Å². The first-order chi connectivity index (χ1) is 10.2. The largest absolute Gasteiger partial charge is 0.346 e. The highest BCUT2D eigenvalue weighted by Gasteiger charge is 2.25. The van der Waals surface area contributed by atoms with E-state index in [9.17, 15) is 4.79 Å². The number of thiazole rings is 1. The Morgan fingerprint density at radius 1 is 1.48 bits per heavy atom. The van der Waals surface area contributed by atoms with Crippen molar-refractivity contribution in [3.8, 4) is 0 Å². The number of anilines is 2. The van der Waals surface area contributed by atoms with E-state index in [-0.39, 0.29) is 12.1 Å². The molecule has 2 heterocycles. The van der Waals surface area contributed by atoms with E-state index in [1.165, 1.54) is 0 Å². The van der Waals surface area contributed by atoms with Crippen LogP contribution in [0.4, 0.5) is 15.6 Å². The maximum Gasteiger partial charge on any atom is 0.319 e. The van der Waals surface area contributed by atoms with Crippen molar-refractivity contribution in [3.63, 3.8) is 0 Å². The topological polar surface area (TPSA) is 57.3 Å². The van der Waals surface area contributed by atoms with E-state index in [2.05, 4.69) is 20.5 Å². The molecule has 1 fully saturated rings. The van der Waals surface area contributed by atoms with Crippen LogP contribution in [-0.2, 0) is 0 Å². The molecule has 3 rings (SSSR count). The van der Waals surface area contributed by atoms with E-state index in [0.29, 0.717) is 0 Å². The lowest BCUT2D eigenvalue weighted by Gasteiger charge is -2.16. The molecule has 0 spiro atoms. The molecule has 5 nitrogen and oxygen atoms in total. The van der Waals surface area contributed by atoms with Crippen molar-refractivity contribution >= 4 is 28.2 Å². The van der Waals surface area contributed by atoms with E-state index in [4.69, 9.17) is 0 Å². The Labute approximate surface area is 128 Å². The van der Waals surface area contributed by atoms with Gasteiger partial charge in [-0.15, -0.1) is 11.3 Å². The summed E-state index contributed by atoms with van der Waals surface area (Å²) in [5.74, 6) is 0. The smallest absolute Gasteiger partial charge is 0.319 e. The van der Waals surface area contributed by atoms with Crippen molar-refractivity contribution in [1.29, 1.82) is 0 Å². The number of carbonyl (C=O) groups excluding carboxylic acids is 1. The van der Waals surface area contributed by atoms with Gasteiger partial charge in [-0.25, -0.2) is 9.78 Å². The molecule has 1 atom stereocenters. The minimum absolute atomic E-state index is 0.147. The molecule has 2 amide bonds. The standard InChI is InChI=1S/C15H18N4OS/c1-11-3-2-4-12(9-11)17-14(20)18-13-5-7-19(10-13)15-16-6-8-21-15/h2-4,6,8-9,13H,5,7,10H2,1H3,(H2,17,18,20). The number of nitrogens with zero attached hydrogens (tertiary/aromatic N) is 2. The van der Waals surface area contributed by atoms with E-state index >= 15 is 0 Å². The lowest BCUT2D eigenvalue weighted by atomic mass is 10.2. The van der Waals surface area contributed by atoms with Gasteiger partial charge in [-0.1, -0.05) is 12.1 Å². The summed E-state index contributed by atoms with van der Waals surface area (Å²) in [7, 11) is 0. The number of aromatic nitrogens is 1. The molecule has 1 aromatic carbocycles. The quantitative estimate of drug-likeness (QED) is 0.916.